The van der Waals surface area contributed by atoms with Crippen LogP contribution in [-0.4, -0.2) is 26.5 Å². The molecule has 0 rings (SSSR count). The zero-order chi connectivity index (χ0) is 7.11. The number of methoxy groups -OCH3 is 1. The predicted molar refractivity (Wildman–Crippen MR) is 27.8 cm³/mol. The van der Waals surface area contributed by atoms with Gasteiger partial charge < -0.3 is 19.4 Å². The topological polar surface area (TPSA) is 58.6 Å². The predicted octanol–water partition coefficient (Wildman–Crippen LogP) is -3.61. The molecule has 0 unspecified atom stereocenters. The van der Waals surface area contributed by atoms with Crippen molar-refractivity contribution in [1.29, 1.82) is 0 Å². The van der Waals surface area contributed by atoms with Gasteiger partial charge >= 0.3 is 18.9 Å². The first-order valence-electron chi connectivity index (χ1n) is 2.60. The van der Waals surface area contributed by atoms with Crippen LogP contribution in [0, 0.1) is 0 Å². The largest absolute Gasteiger partial charge is 1.00 e. The van der Waals surface area contributed by atoms with Gasteiger partial charge in [0.25, 0.3) is 6.16 Å². The summed E-state index contributed by atoms with van der Waals surface area (Å²) in [6, 6.07) is 0. The Balaban J connectivity index is 0. The molecule has 0 radical (unpaired) electrons. The summed E-state index contributed by atoms with van der Waals surface area (Å²) >= 11 is 0. The smallest absolute Gasteiger partial charge is 0.550 e. The first-order valence-corrected chi connectivity index (χ1v) is 2.60. The molecule has 0 aromatic carbocycles. The molecule has 0 saturated carbocycles. The second-order valence-corrected chi connectivity index (χ2v) is 1.44. The Kier molecular flexibility index (Phi) is 11.0. The molecule has 0 spiro atoms. The molecular weight excluding hydrogens is 131 g/mol. The molecule has 0 aliphatic rings. The van der Waals surface area contributed by atoms with Crippen molar-refractivity contribution in [3.8, 4) is 0 Å². The van der Waals surface area contributed by atoms with Gasteiger partial charge in [0.15, 0.2) is 0 Å². The third-order valence-corrected chi connectivity index (χ3v) is 0.713. The van der Waals surface area contributed by atoms with E-state index in [1.807, 2.05) is 0 Å². The van der Waals surface area contributed by atoms with Crippen LogP contribution in [0.2, 0.25) is 0 Å². The van der Waals surface area contributed by atoms with E-state index in [9.17, 15) is 9.90 Å². The van der Waals surface area contributed by atoms with Crippen LogP contribution in [-0.2, 0) is 9.47 Å². The Morgan fingerprint density at radius 2 is 2.10 bits per heavy atom. The number of hydrogen-bond acceptors (Lipinski definition) is 4. The Hall–Kier alpha value is -0.173. The first kappa shape index (κ1) is 12.5. The number of carbonyl (C=O) groups is 1. The van der Waals surface area contributed by atoms with Crippen molar-refractivity contribution < 1.29 is 38.2 Å². The minimum absolute atomic E-state index is 0. The molecule has 5 heteroatoms. The zero-order valence-electron chi connectivity index (χ0n) is 6.25. The SMILES string of the molecule is COCCCOC(=O)[O-].[Li+]. The number of carboxylic acid groups (broad SMARTS) is 1. The molecule has 0 N–H and O–H groups in total. The van der Waals surface area contributed by atoms with Crippen LogP contribution in [0.25, 0.3) is 0 Å². The van der Waals surface area contributed by atoms with Crippen LogP contribution in [0.15, 0.2) is 0 Å². The average molecular weight is 140 g/mol. The summed E-state index contributed by atoms with van der Waals surface area (Å²) in [5.74, 6) is 0. The molecule has 0 aromatic rings. The quantitative estimate of drug-likeness (QED) is 0.230. The molecule has 0 aromatic heterocycles. The van der Waals surface area contributed by atoms with Gasteiger partial charge in [-0.15, -0.1) is 0 Å². The third-order valence-electron chi connectivity index (χ3n) is 0.713. The van der Waals surface area contributed by atoms with Crippen molar-refractivity contribution in [1.82, 2.24) is 0 Å². The molecule has 54 valence electrons. The maximum absolute atomic E-state index is 9.59. The zero-order valence-corrected chi connectivity index (χ0v) is 6.25. The summed E-state index contributed by atoms with van der Waals surface area (Å²) in [5, 5.41) is 9.59. The van der Waals surface area contributed by atoms with Crippen molar-refractivity contribution >= 4 is 6.16 Å². The van der Waals surface area contributed by atoms with Crippen molar-refractivity contribution in [3.63, 3.8) is 0 Å². The second-order valence-electron chi connectivity index (χ2n) is 1.44. The van der Waals surface area contributed by atoms with Gasteiger partial charge in [0.1, 0.15) is 0 Å². The van der Waals surface area contributed by atoms with Crippen LogP contribution >= 0.6 is 0 Å². The minimum Gasteiger partial charge on any atom is -0.550 e. The van der Waals surface area contributed by atoms with Gasteiger partial charge in [0.2, 0.25) is 0 Å². The van der Waals surface area contributed by atoms with Gasteiger partial charge in [-0.3, -0.25) is 0 Å². The van der Waals surface area contributed by atoms with Crippen molar-refractivity contribution in [2.75, 3.05) is 20.3 Å². The van der Waals surface area contributed by atoms with Gasteiger partial charge in [-0.25, -0.2) is 0 Å². The van der Waals surface area contributed by atoms with E-state index < -0.39 is 6.16 Å². The molecular formula is C5H9LiO4. The molecule has 0 aliphatic heterocycles. The number of hydrogen-bond donors (Lipinski definition) is 0. The minimum atomic E-state index is -1.48. The van der Waals surface area contributed by atoms with Crippen LogP contribution in [0.1, 0.15) is 6.42 Å². The first-order chi connectivity index (χ1) is 4.27. The average Bonchev–Trinajstić information content (AvgIpc) is 1.80. The molecule has 0 bridgehead atoms. The van der Waals surface area contributed by atoms with Gasteiger partial charge in [0.05, 0.1) is 0 Å². The van der Waals surface area contributed by atoms with E-state index in [1.165, 1.54) is 0 Å². The van der Waals surface area contributed by atoms with Gasteiger partial charge in [-0.2, -0.15) is 0 Å². The molecule has 0 aliphatic carbocycles. The monoisotopic (exact) mass is 140 g/mol. The maximum atomic E-state index is 9.59. The Morgan fingerprint density at radius 3 is 2.50 bits per heavy atom. The van der Waals surface area contributed by atoms with Gasteiger partial charge in [-0.05, 0) is 6.42 Å². The fourth-order valence-electron chi connectivity index (χ4n) is 0.359. The second kappa shape index (κ2) is 8.83. The van der Waals surface area contributed by atoms with Crippen molar-refractivity contribution in [3.05, 3.63) is 0 Å². The van der Waals surface area contributed by atoms with Crippen LogP contribution in [0.4, 0.5) is 4.79 Å². The Labute approximate surface area is 71.7 Å². The van der Waals surface area contributed by atoms with Crippen LogP contribution in [0.3, 0.4) is 0 Å². The Bertz CT molecular complexity index is 85.7. The van der Waals surface area contributed by atoms with Gasteiger partial charge in [0, 0.05) is 20.3 Å². The van der Waals surface area contributed by atoms with E-state index in [-0.39, 0.29) is 25.5 Å². The van der Waals surface area contributed by atoms with E-state index >= 15 is 0 Å². The number of rotatable bonds is 4. The fraction of sp³-hybridized carbons (Fsp3) is 0.800. The van der Waals surface area contributed by atoms with Crippen molar-refractivity contribution in [2.45, 2.75) is 6.42 Å². The molecule has 4 nitrogen and oxygen atoms in total. The summed E-state index contributed by atoms with van der Waals surface area (Å²) in [5.41, 5.74) is 0. The molecule has 0 fully saturated rings. The molecule has 10 heavy (non-hydrogen) atoms. The van der Waals surface area contributed by atoms with Gasteiger partial charge in [-0.1, -0.05) is 0 Å². The molecule has 0 heterocycles. The maximum Gasteiger partial charge on any atom is 1.00 e. The standard InChI is InChI=1S/C5H10O4.Li/c1-8-3-2-4-9-5(6)7;/h2-4H2,1H3,(H,6,7);/q;+1/p-1. The normalized spacial score (nSPS) is 8.10. The van der Waals surface area contributed by atoms with E-state index in [2.05, 4.69) is 9.47 Å². The third kappa shape index (κ3) is 10.7. The van der Waals surface area contributed by atoms with Crippen LogP contribution < -0.4 is 24.0 Å². The number of ether oxygens (including phenoxy) is 2. The van der Waals surface area contributed by atoms with E-state index in [1.54, 1.807) is 7.11 Å². The summed E-state index contributed by atoms with van der Waals surface area (Å²) in [6.45, 7) is 0.656. The molecule has 0 atom stereocenters. The summed E-state index contributed by atoms with van der Waals surface area (Å²) in [4.78, 5) is 9.59. The Morgan fingerprint density at radius 1 is 1.50 bits per heavy atom. The summed E-state index contributed by atoms with van der Waals surface area (Å²) in [6.07, 6.45) is -0.907. The van der Waals surface area contributed by atoms with E-state index in [4.69, 9.17) is 0 Å². The molecule has 0 amide bonds. The summed E-state index contributed by atoms with van der Waals surface area (Å²) in [7, 11) is 1.54. The van der Waals surface area contributed by atoms with Crippen molar-refractivity contribution in [2.24, 2.45) is 0 Å². The fourth-order valence-corrected chi connectivity index (χ4v) is 0.359. The summed E-state index contributed by atoms with van der Waals surface area (Å²) < 4.78 is 8.70. The number of carbonyl (C=O) groups excluding carboxylic acids is 1. The van der Waals surface area contributed by atoms with E-state index in [0.717, 1.165) is 0 Å². The van der Waals surface area contributed by atoms with Crippen LogP contribution in [0.5, 0.6) is 0 Å². The molecule has 0 saturated heterocycles. The van der Waals surface area contributed by atoms with E-state index in [0.29, 0.717) is 13.0 Å².